The topological polar surface area (TPSA) is 66.4 Å². The first kappa shape index (κ1) is 13.7. The monoisotopic (exact) mass is 213 g/mol. The Morgan fingerprint density at radius 2 is 2.07 bits per heavy atom. The number of amides is 1. The van der Waals surface area contributed by atoms with Crippen molar-refractivity contribution >= 4 is 11.9 Å². The highest BCUT2D eigenvalue weighted by molar-refractivity contribution is 5.92. The summed E-state index contributed by atoms with van der Waals surface area (Å²) in [5.41, 5.74) is 0.680. The third-order valence-corrected chi connectivity index (χ3v) is 2.04. The highest BCUT2D eigenvalue weighted by Crippen LogP contribution is 2.00. The summed E-state index contributed by atoms with van der Waals surface area (Å²) in [6.45, 7) is 5.52. The Morgan fingerprint density at radius 1 is 1.47 bits per heavy atom. The molecule has 0 saturated carbocycles. The van der Waals surface area contributed by atoms with E-state index in [4.69, 9.17) is 5.11 Å². The van der Waals surface area contributed by atoms with Crippen LogP contribution in [0.15, 0.2) is 11.6 Å². The Kier molecular flexibility index (Phi) is 6.42. The lowest BCUT2D eigenvalue weighted by Gasteiger charge is -2.12. The molecule has 0 aromatic heterocycles. The lowest BCUT2D eigenvalue weighted by atomic mass is 10.1. The second-order valence-corrected chi connectivity index (χ2v) is 3.60. The number of rotatable bonds is 6. The molecule has 0 rings (SSSR count). The molecule has 4 nitrogen and oxygen atoms in total. The van der Waals surface area contributed by atoms with Crippen molar-refractivity contribution in [1.29, 1.82) is 0 Å². The van der Waals surface area contributed by atoms with Gasteiger partial charge in [0, 0.05) is 18.0 Å². The maximum Gasteiger partial charge on any atom is 0.303 e. The molecule has 0 heterocycles. The standard InChI is InChI=1S/C11H19NO3/c1-4-5-8(2)11(15)12-9(3)6-7-10(13)14/h5,9H,4,6-7H2,1-3H3,(H,12,15)(H,13,14)/b8-5+/t9-/m0/s1. The van der Waals surface area contributed by atoms with Crippen molar-refractivity contribution in [2.24, 2.45) is 0 Å². The van der Waals surface area contributed by atoms with Gasteiger partial charge in [0.1, 0.15) is 0 Å². The quantitative estimate of drug-likeness (QED) is 0.660. The zero-order valence-electron chi connectivity index (χ0n) is 9.54. The number of aliphatic carboxylic acids is 1. The maximum atomic E-state index is 11.5. The van der Waals surface area contributed by atoms with Crippen LogP contribution in [0.2, 0.25) is 0 Å². The number of carboxylic acids is 1. The van der Waals surface area contributed by atoms with E-state index in [0.717, 1.165) is 6.42 Å². The number of hydrogen-bond donors (Lipinski definition) is 2. The minimum atomic E-state index is -0.836. The molecule has 0 aliphatic heterocycles. The summed E-state index contributed by atoms with van der Waals surface area (Å²) < 4.78 is 0. The Morgan fingerprint density at radius 3 is 2.53 bits per heavy atom. The Hall–Kier alpha value is -1.32. The van der Waals surface area contributed by atoms with Crippen LogP contribution in [0.5, 0.6) is 0 Å². The van der Waals surface area contributed by atoms with Gasteiger partial charge >= 0.3 is 5.97 Å². The molecule has 0 unspecified atom stereocenters. The Balaban J connectivity index is 3.96. The van der Waals surface area contributed by atoms with Gasteiger partial charge in [-0.2, -0.15) is 0 Å². The molecular weight excluding hydrogens is 194 g/mol. The van der Waals surface area contributed by atoms with Crippen molar-refractivity contribution in [3.05, 3.63) is 11.6 Å². The van der Waals surface area contributed by atoms with Crippen LogP contribution in [-0.4, -0.2) is 23.0 Å². The lowest BCUT2D eigenvalue weighted by Crippen LogP contribution is -2.33. The molecule has 4 heteroatoms. The number of carbonyl (C=O) groups excluding carboxylic acids is 1. The third-order valence-electron chi connectivity index (χ3n) is 2.04. The first-order valence-corrected chi connectivity index (χ1v) is 5.16. The summed E-state index contributed by atoms with van der Waals surface area (Å²) in [4.78, 5) is 21.8. The van der Waals surface area contributed by atoms with Crippen LogP contribution in [0, 0.1) is 0 Å². The van der Waals surface area contributed by atoms with Gasteiger partial charge in [0.15, 0.2) is 0 Å². The average Bonchev–Trinajstić information content (AvgIpc) is 2.15. The molecule has 0 aliphatic carbocycles. The molecule has 0 aliphatic rings. The summed E-state index contributed by atoms with van der Waals surface area (Å²) in [5, 5.41) is 11.2. The van der Waals surface area contributed by atoms with Gasteiger partial charge in [-0.25, -0.2) is 0 Å². The van der Waals surface area contributed by atoms with E-state index in [-0.39, 0.29) is 18.4 Å². The molecule has 1 atom stereocenters. The van der Waals surface area contributed by atoms with Crippen LogP contribution in [0.4, 0.5) is 0 Å². The first-order valence-electron chi connectivity index (χ1n) is 5.16. The molecule has 0 spiro atoms. The fraction of sp³-hybridized carbons (Fsp3) is 0.636. The number of carboxylic acid groups (broad SMARTS) is 1. The molecule has 0 radical (unpaired) electrons. The summed E-state index contributed by atoms with van der Waals surface area (Å²) in [6, 6.07) is -0.103. The van der Waals surface area contributed by atoms with E-state index in [9.17, 15) is 9.59 Å². The van der Waals surface area contributed by atoms with Crippen LogP contribution < -0.4 is 5.32 Å². The first-order chi connectivity index (χ1) is 6.97. The minimum absolute atomic E-state index is 0.0813. The largest absolute Gasteiger partial charge is 0.481 e. The average molecular weight is 213 g/mol. The van der Waals surface area contributed by atoms with Crippen LogP contribution >= 0.6 is 0 Å². The summed E-state index contributed by atoms with van der Waals surface area (Å²) in [5.74, 6) is -0.952. The smallest absolute Gasteiger partial charge is 0.303 e. The minimum Gasteiger partial charge on any atom is -0.481 e. The third kappa shape index (κ3) is 6.71. The predicted molar refractivity (Wildman–Crippen MR) is 58.5 cm³/mol. The van der Waals surface area contributed by atoms with Gasteiger partial charge in [0.25, 0.3) is 0 Å². The Bertz CT molecular complexity index is 259. The van der Waals surface area contributed by atoms with E-state index in [0.29, 0.717) is 12.0 Å². The van der Waals surface area contributed by atoms with E-state index in [1.807, 2.05) is 13.0 Å². The molecule has 1 amide bonds. The van der Waals surface area contributed by atoms with Gasteiger partial charge in [-0.05, 0) is 26.7 Å². The Labute approximate surface area is 90.4 Å². The van der Waals surface area contributed by atoms with Gasteiger partial charge in [-0.15, -0.1) is 0 Å². The fourth-order valence-corrected chi connectivity index (χ4v) is 1.15. The zero-order chi connectivity index (χ0) is 11.8. The molecule has 0 aromatic carbocycles. The number of hydrogen-bond acceptors (Lipinski definition) is 2. The van der Waals surface area contributed by atoms with Gasteiger partial charge in [0.05, 0.1) is 0 Å². The van der Waals surface area contributed by atoms with Crippen molar-refractivity contribution in [2.75, 3.05) is 0 Å². The van der Waals surface area contributed by atoms with Crippen molar-refractivity contribution in [3.63, 3.8) is 0 Å². The maximum absolute atomic E-state index is 11.5. The normalized spacial score (nSPS) is 13.4. The zero-order valence-corrected chi connectivity index (χ0v) is 9.54. The van der Waals surface area contributed by atoms with E-state index >= 15 is 0 Å². The van der Waals surface area contributed by atoms with E-state index in [2.05, 4.69) is 5.32 Å². The molecular formula is C11H19NO3. The number of carbonyl (C=O) groups is 2. The van der Waals surface area contributed by atoms with E-state index < -0.39 is 5.97 Å². The second-order valence-electron chi connectivity index (χ2n) is 3.60. The predicted octanol–water partition coefficient (Wildman–Crippen LogP) is 1.71. The van der Waals surface area contributed by atoms with E-state index in [1.54, 1.807) is 13.8 Å². The van der Waals surface area contributed by atoms with Crippen molar-refractivity contribution in [1.82, 2.24) is 5.32 Å². The van der Waals surface area contributed by atoms with Crippen molar-refractivity contribution in [3.8, 4) is 0 Å². The molecule has 0 fully saturated rings. The number of nitrogens with one attached hydrogen (secondary N) is 1. The highest BCUT2D eigenvalue weighted by atomic mass is 16.4. The molecule has 0 saturated heterocycles. The molecule has 0 aromatic rings. The van der Waals surface area contributed by atoms with Crippen molar-refractivity contribution < 1.29 is 14.7 Å². The summed E-state index contributed by atoms with van der Waals surface area (Å²) in [7, 11) is 0. The van der Waals surface area contributed by atoms with Gasteiger partial charge in [0.2, 0.25) is 5.91 Å². The van der Waals surface area contributed by atoms with Crippen molar-refractivity contribution in [2.45, 2.75) is 46.1 Å². The highest BCUT2D eigenvalue weighted by Gasteiger charge is 2.09. The van der Waals surface area contributed by atoms with Gasteiger partial charge < -0.3 is 10.4 Å². The SMILES string of the molecule is CC/C=C(\C)C(=O)N[C@@H](C)CCC(=O)O. The fourth-order valence-electron chi connectivity index (χ4n) is 1.15. The van der Waals surface area contributed by atoms with E-state index in [1.165, 1.54) is 0 Å². The van der Waals surface area contributed by atoms with Crippen LogP contribution in [0.1, 0.15) is 40.0 Å². The second kappa shape index (κ2) is 7.04. The number of allylic oxidation sites excluding steroid dienone is 1. The summed E-state index contributed by atoms with van der Waals surface area (Å²) in [6.07, 6.45) is 3.21. The van der Waals surface area contributed by atoms with Crippen LogP contribution in [0.3, 0.4) is 0 Å². The molecule has 2 N–H and O–H groups in total. The lowest BCUT2D eigenvalue weighted by molar-refractivity contribution is -0.137. The molecule has 0 bridgehead atoms. The van der Waals surface area contributed by atoms with Crippen LogP contribution in [0.25, 0.3) is 0 Å². The van der Waals surface area contributed by atoms with Crippen LogP contribution in [-0.2, 0) is 9.59 Å². The van der Waals surface area contributed by atoms with Gasteiger partial charge in [-0.3, -0.25) is 9.59 Å². The molecule has 86 valence electrons. The summed E-state index contributed by atoms with van der Waals surface area (Å²) >= 11 is 0. The van der Waals surface area contributed by atoms with Gasteiger partial charge in [-0.1, -0.05) is 13.0 Å². The molecule has 15 heavy (non-hydrogen) atoms.